The summed E-state index contributed by atoms with van der Waals surface area (Å²) in [6, 6.07) is 13.1. The van der Waals surface area contributed by atoms with Gasteiger partial charge in [-0.1, -0.05) is 12.1 Å². The molecule has 0 radical (unpaired) electrons. The molecule has 0 bridgehead atoms. The van der Waals surface area contributed by atoms with Crippen LogP contribution in [0.25, 0.3) is 0 Å². The second-order valence-electron chi connectivity index (χ2n) is 5.08. The molecule has 2 aromatic rings. The molecule has 1 atom stereocenters. The van der Waals surface area contributed by atoms with Gasteiger partial charge >= 0.3 is 0 Å². The van der Waals surface area contributed by atoms with Crippen LogP contribution in [0.3, 0.4) is 0 Å². The Morgan fingerprint density at radius 2 is 1.68 bits per heavy atom. The van der Waals surface area contributed by atoms with Crippen LogP contribution < -0.4 is 0 Å². The maximum absolute atomic E-state index is 12.8. The Hall–Kier alpha value is -2.01. The normalized spacial score (nSPS) is 12.0. The summed E-state index contributed by atoms with van der Waals surface area (Å²) in [5, 5.41) is 0. The third kappa shape index (κ3) is 4.24. The van der Waals surface area contributed by atoms with Crippen molar-refractivity contribution in [2.24, 2.45) is 0 Å². The zero-order valence-electron chi connectivity index (χ0n) is 12.6. The van der Waals surface area contributed by atoms with Gasteiger partial charge in [-0.05, 0) is 48.4 Å². The van der Waals surface area contributed by atoms with Gasteiger partial charge in [0.1, 0.15) is 5.82 Å². The van der Waals surface area contributed by atoms with Crippen molar-refractivity contribution in [3.8, 4) is 0 Å². The largest absolute Gasteiger partial charge is 0.341 e. The molecule has 1 unspecified atom stereocenters. The van der Waals surface area contributed by atoms with Gasteiger partial charge in [0, 0.05) is 41.1 Å². The average Bonchev–Trinajstić information content (AvgIpc) is 2.53. The van der Waals surface area contributed by atoms with Gasteiger partial charge in [0.25, 0.3) is 5.91 Å². The Kier molecular flexibility index (Phi) is 5.44. The fraction of sp³-hybridized carbons (Fsp3) is 0.235. The Labute approximate surface area is 132 Å². The fourth-order valence-corrected chi connectivity index (χ4v) is 2.58. The van der Waals surface area contributed by atoms with E-state index in [1.807, 2.05) is 0 Å². The number of nitrogens with zero attached hydrogens (tertiary/aromatic N) is 1. The lowest BCUT2D eigenvalue weighted by Crippen LogP contribution is -2.28. The SMILES string of the molecule is CN(CCc1ccc(F)cc1)C(=O)c1ccc(S(C)=O)cc1. The molecule has 0 aliphatic heterocycles. The third-order valence-corrected chi connectivity index (χ3v) is 4.37. The Bertz CT molecular complexity index is 668. The summed E-state index contributed by atoms with van der Waals surface area (Å²) in [6.45, 7) is 0.548. The maximum atomic E-state index is 12.8. The lowest BCUT2D eigenvalue weighted by atomic mass is 10.1. The number of hydrogen-bond acceptors (Lipinski definition) is 2. The lowest BCUT2D eigenvalue weighted by molar-refractivity contribution is 0.0796. The summed E-state index contributed by atoms with van der Waals surface area (Å²) in [6.07, 6.45) is 2.27. The summed E-state index contributed by atoms with van der Waals surface area (Å²) in [5.74, 6) is -0.350. The molecule has 5 heteroatoms. The second-order valence-corrected chi connectivity index (χ2v) is 6.46. The molecule has 116 valence electrons. The monoisotopic (exact) mass is 319 g/mol. The molecule has 0 N–H and O–H groups in total. The standard InChI is InChI=1S/C17H18FNO2S/c1-19(12-11-13-3-7-15(18)8-4-13)17(20)14-5-9-16(10-6-14)22(2)21/h3-10H,11-12H2,1-2H3. The highest BCUT2D eigenvalue weighted by Crippen LogP contribution is 2.10. The van der Waals surface area contributed by atoms with Crippen LogP contribution in [-0.4, -0.2) is 34.9 Å². The molecule has 0 aliphatic rings. The molecule has 0 aromatic heterocycles. The van der Waals surface area contributed by atoms with Gasteiger partial charge in [0.05, 0.1) is 0 Å². The molecule has 22 heavy (non-hydrogen) atoms. The first-order valence-electron chi connectivity index (χ1n) is 6.91. The number of amides is 1. The minimum Gasteiger partial charge on any atom is -0.341 e. The zero-order chi connectivity index (χ0) is 16.1. The minimum atomic E-state index is -1.05. The molecule has 2 rings (SSSR count). The van der Waals surface area contributed by atoms with Crippen LogP contribution in [0.1, 0.15) is 15.9 Å². The lowest BCUT2D eigenvalue weighted by Gasteiger charge is -2.17. The Morgan fingerprint density at radius 1 is 1.09 bits per heavy atom. The molecule has 2 aromatic carbocycles. The molecule has 0 saturated heterocycles. The van der Waals surface area contributed by atoms with Gasteiger partial charge in [-0.15, -0.1) is 0 Å². The maximum Gasteiger partial charge on any atom is 0.253 e. The number of carbonyl (C=O) groups is 1. The highest BCUT2D eigenvalue weighted by atomic mass is 32.2. The van der Waals surface area contributed by atoms with E-state index in [0.717, 1.165) is 5.56 Å². The Morgan fingerprint density at radius 3 is 2.23 bits per heavy atom. The number of benzene rings is 2. The van der Waals surface area contributed by atoms with E-state index in [1.165, 1.54) is 12.1 Å². The van der Waals surface area contributed by atoms with Gasteiger partial charge in [0.2, 0.25) is 0 Å². The summed E-state index contributed by atoms with van der Waals surface area (Å²) >= 11 is 0. The minimum absolute atomic E-state index is 0.0875. The van der Waals surface area contributed by atoms with Crippen molar-refractivity contribution in [1.29, 1.82) is 0 Å². The quantitative estimate of drug-likeness (QED) is 0.850. The van der Waals surface area contributed by atoms with Crippen LogP contribution in [-0.2, 0) is 17.2 Å². The van der Waals surface area contributed by atoms with Gasteiger partial charge in [-0.2, -0.15) is 0 Å². The molecule has 0 fully saturated rings. The van der Waals surface area contributed by atoms with Crippen LogP contribution in [0.5, 0.6) is 0 Å². The number of hydrogen-bond donors (Lipinski definition) is 0. The molecule has 1 amide bonds. The van der Waals surface area contributed by atoms with E-state index >= 15 is 0 Å². The van der Waals surface area contributed by atoms with Crippen molar-refractivity contribution in [2.75, 3.05) is 19.8 Å². The number of likely N-dealkylation sites (N-methyl/N-ethyl adjacent to an activating group) is 1. The van der Waals surface area contributed by atoms with E-state index in [4.69, 9.17) is 0 Å². The first-order chi connectivity index (χ1) is 10.5. The second kappa shape index (κ2) is 7.31. The van der Waals surface area contributed by atoms with E-state index < -0.39 is 10.8 Å². The topological polar surface area (TPSA) is 37.4 Å². The summed E-state index contributed by atoms with van der Waals surface area (Å²) in [7, 11) is 0.687. The first kappa shape index (κ1) is 16.4. The van der Waals surface area contributed by atoms with Crippen LogP contribution in [0.4, 0.5) is 4.39 Å². The smallest absolute Gasteiger partial charge is 0.253 e. The molecule has 3 nitrogen and oxygen atoms in total. The summed E-state index contributed by atoms with van der Waals surface area (Å²) < 4.78 is 24.2. The van der Waals surface area contributed by atoms with E-state index in [2.05, 4.69) is 0 Å². The summed E-state index contributed by atoms with van der Waals surface area (Å²) in [4.78, 5) is 14.6. The predicted molar refractivity (Wildman–Crippen MR) is 85.8 cm³/mol. The van der Waals surface area contributed by atoms with Crippen molar-refractivity contribution in [3.05, 3.63) is 65.5 Å². The van der Waals surface area contributed by atoms with Gasteiger partial charge in [0.15, 0.2) is 0 Å². The Balaban J connectivity index is 1.96. The van der Waals surface area contributed by atoms with Crippen molar-refractivity contribution in [1.82, 2.24) is 4.90 Å². The molecule has 0 spiro atoms. The van der Waals surface area contributed by atoms with Crippen LogP contribution in [0.15, 0.2) is 53.4 Å². The number of rotatable bonds is 5. The molecule has 0 aliphatic carbocycles. The van der Waals surface area contributed by atoms with Crippen LogP contribution in [0.2, 0.25) is 0 Å². The number of carbonyl (C=O) groups excluding carboxylic acids is 1. The van der Waals surface area contributed by atoms with Gasteiger partial charge in [-0.3, -0.25) is 9.00 Å². The third-order valence-electron chi connectivity index (χ3n) is 3.43. The average molecular weight is 319 g/mol. The number of halogens is 1. The van der Waals surface area contributed by atoms with E-state index in [-0.39, 0.29) is 11.7 Å². The van der Waals surface area contributed by atoms with Crippen molar-refractivity contribution in [2.45, 2.75) is 11.3 Å². The summed E-state index contributed by atoms with van der Waals surface area (Å²) in [5.41, 5.74) is 1.55. The van der Waals surface area contributed by atoms with E-state index in [1.54, 1.807) is 54.6 Å². The highest BCUT2D eigenvalue weighted by molar-refractivity contribution is 7.84. The van der Waals surface area contributed by atoms with Crippen molar-refractivity contribution >= 4 is 16.7 Å². The van der Waals surface area contributed by atoms with E-state index in [0.29, 0.717) is 23.4 Å². The zero-order valence-corrected chi connectivity index (χ0v) is 13.4. The fourth-order valence-electron chi connectivity index (χ4n) is 2.06. The molecule has 0 saturated carbocycles. The highest BCUT2D eigenvalue weighted by Gasteiger charge is 2.12. The van der Waals surface area contributed by atoms with Crippen LogP contribution >= 0.6 is 0 Å². The van der Waals surface area contributed by atoms with Crippen molar-refractivity contribution < 1.29 is 13.4 Å². The molecule has 0 heterocycles. The van der Waals surface area contributed by atoms with Gasteiger partial charge < -0.3 is 4.90 Å². The molecular weight excluding hydrogens is 301 g/mol. The first-order valence-corrected chi connectivity index (χ1v) is 8.46. The van der Waals surface area contributed by atoms with E-state index in [9.17, 15) is 13.4 Å². The van der Waals surface area contributed by atoms with Gasteiger partial charge in [-0.25, -0.2) is 4.39 Å². The van der Waals surface area contributed by atoms with Crippen LogP contribution in [0, 0.1) is 5.82 Å². The predicted octanol–water partition coefficient (Wildman–Crippen LogP) is 2.88. The van der Waals surface area contributed by atoms with Crippen molar-refractivity contribution in [3.63, 3.8) is 0 Å². The molecular formula is C17H18FNO2S.